The number of esters is 1. The Bertz CT molecular complexity index is 733. The van der Waals surface area contributed by atoms with E-state index < -0.39 is 0 Å². The maximum Gasteiger partial charge on any atom is 0.323 e. The third-order valence-corrected chi connectivity index (χ3v) is 6.31. The largest absolute Gasteiger partial charge is 0.468 e. The minimum Gasteiger partial charge on any atom is -0.468 e. The molecule has 2 heterocycles. The third-order valence-electron chi connectivity index (χ3n) is 6.31. The van der Waals surface area contributed by atoms with Gasteiger partial charge in [-0.1, -0.05) is 19.9 Å². The number of benzene rings is 1. The fourth-order valence-corrected chi connectivity index (χ4v) is 4.62. The normalized spacial score (nSPS) is 22.0. The molecule has 0 spiro atoms. The Morgan fingerprint density at radius 2 is 1.90 bits per heavy atom. The van der Waals surface area contributed by atoms with Crippen LogP contribution in [0.4, 0.5) is 5.69 Å². The van der Waals surface area contributed by atoms with Crippen LogP contribution in [-0.2, 0) is 14.3 Å². The Morgan fingerprint density at radius 1 is 1.17 bits per heavy atom. The second-order valence-corrected chi connectivity index (χ2v) is 8.55. The average molecular weight is 418 g/mol. The van der Waals surface area contributed by atoms with Crippen molar-refractivity contribution in [3.8, 4) is 0 Å². The van der Waals surface area contributed by atoms with Crippen LogP contribution in [-0.4, -0.2) is 74.9 Å². The molecule has 30 heavy (non-hydrogen) atoms. The first kappa shape index (κ1) is 22.6. The van der Waals surface area contributed by atoms with Gasteiger partial charge in [0.2, 0.25) is 0 Å². The highest BCUT2D eigenvalue weighted by Crippen LogP contribution is 2.25. The van der Waals surface area contributed by atoms with Gasteiger partial charge in [-0.15, -0.1) is 0 Å². The highest BCUT2D eigenvalue weighted by molar-refractivity contribution is 5.95. The first-order valence-corrected chi connectivity index (χ1v) is 11.0. The number of morpholine rings is 1. The smallest absolute Gasteiger partial charge is 0.323 e. The quantitative estimate of drug-likeness (QED) is 0.687. The monoisotopic (exact) mass is 417 g/mol. The fraction of sp³-hybridized carbons (Fsp3) is 0.652. The van der Waals surface area contributed by atoms with Gasteiger partial charge in [-0.05, 0) is 50.4 Å². The van der Waals surface area contributed by atoms with Gasteiger partial charge in [0.1, 0.15) is 6.04 Å². The van der Waals surface area contributed by atoms with E-state index in [0.717, 1.165) is 38.2 Å². The van der Waals surface area contributed by atoms with Gasteiger partial charge in [0.25, 0.3) is 5.91 Å². The predicted octanol–water partition coefficient (Wildman–Crippen LogP) is 2.30. The number of ether oxygens (including phenoxy) is 2. The van der Waals surface area contributed by atoms with Crippen LogP contribution >= 0.6 is 0 Å². The molecule has 1 N–H and O–H groups in total. The average Bonchev–Trinajstić information content (AvgIpc) is 3.27. The second-order valence-electron chi connectivity index (χ2n) is 8.55. The molecule has 0 bridgehead atoms. The van der Waals surface area contributed by atoms with Crippen LogP contribution in [0.25, 0.3) is 0 Å². The van der Waals surface area contributed by atoms with Crippen LogP contribution in [0.15, 0.2) is 24.3 Å². The second kappa shape index (κ2) is 10.3. The lowest BCUT2D eigenvalue weighted by Gasteiger charge is -2.37. The molecule has 2 saturated heterocycles. The molecule has 1 aromatic rings. The van der Waals surface area contributed by atoms with E-state index in [9.17, 15) is 9.59 Å². The summed E-state index contributed by atoms with van der Waals surface area (Å²) < 4.78 is 10.4. The van der Waals surface area contributed by atoms with Gasteiger partial charge < -0.3 is 19.7 Å². The van der Waals surface area contributed by atoms with Gasteiger partial charge in [-0.3, -0.25) is 14.5 Å². The van der Waals surface area contributed by atoms with Crippen LogP contribution < -0.4 is 10.2 Å². The molecular weight excluding hydrogens is 382 g/mol. The number of hydrogen-bond donors (Lipinski definition) is 1. The van der Waals surface area contributed by atoms with E-state index in [1.54, 1.807) is 0 Å². The molecule has 7 heteroatoms. The summed E-state index contributed by atoms with van der Waals surface area (Å²) in [5.74, 6) is -0.0406. The summed E-state index contributed by atoms with van der Waals surface area (Å²) in [6, 6.07) is 7.51. The standard InChI is InChI=1S/C23H35N3O4/c1-16(2)21(17(3)26-10-6-9-20(26)23(28)29-4)24-22(27)18-7-5-8-19(15-18)25-11-13-30-14-12-25/h5,7-8,15-17,20-21H,6,9-14H2,1-4H3,(H,24,27)/t17?,20-,21-/m0/s1. The van der Waals surface area contributed by atoms with Crippen LogP contribution in [0.1, 0.15) is 44.0 Å². The number of nitrogens with one attached hydrogen (secondary N) is 1. The van der Waals surface area contributed by atoms with Crippen LogP contribution in [0.3, 0.4) is 0 Å². The van der Waals surface area contributed by atoms with Crippen molar-refractivity contribution in [2.45, 2.75) is 51.7 Å². The minimum atomic E-state index is -0.229. The van der Waals surface area contributed by atoms with Crippen molar-refractivity contribution in [1.29, 1.82) is 0 Å². The molecule has 1 unspecified atom stereocenters. The summed E-state index contributed by atoms with van der Waals surface area (Å²) in [7, 11) is 1.44. The zero-order valence-electron chi connectivity index (χ0n) is 18.6. The minimum absolute atomic E-state index is 0.0305. The molecule has 0 aliphatic carbocycles. The first-order chi connectivity index (χ1) is 14.4. The molecule has 1 amide bonds. The molecule has 0 radical (unpaired) electrons. The van der Waals surface area contributed by atoms with Crippen molar-refractivity contribution in [3.63, 3.8) is 0 Å². The van der Waals surface area contributed by atoms with E-state index >= 15 is 0 Å². The van der Waals surface area contributed by atoms with Crippen LogP contribution in [0, 0.1) is 5.92 Å². The van der Waals surface area contributed by atoms with Crippen molar-refractivity contribution in [2.75, 3.05) is 44.9 Å². The Hall–Kier alpha value is -2.12. The number of amides is 1. The zero-order valence-corrected chi connectivity index (χ0v) is 18.6. The number of hydrogen-bond acceptors (Lipinski definition) is 6. The molecule has 3 rings (SSSR count). The fourth-order valence-electron chi connectivity index (χ4n) is 4.62. The molecule has 2 fully saturated rings. The zero-order chi connectivity index (χ0) is 21.7. The van der Waals surface area contributed by atoms with Crippen molar-refractivity contribution in [3.05, 3.63) is 29.8 Å². The van der Waals surface area contributed by atoms with Crippen molar-refractivity contribution >= 4 is 17.6 Å². The van der Waals surface area contributed by atoms with E-state index in [-0.39, 0.29) is 35.9 Å². The lowest BCUT2D eigenvalue weighted by molar-refractivity contribution is -0.146. The number of methoxy groups -OCH3 is 1. The third kappa shape index (κ3) is 5.13. The highest BCUT2D eigenvalue weighted by Gasteiger charge is 2.38. The molecule has 2 aliphatic heterocycles. The number of likely N-dealkylation sites (tertiary alicyclic amines) is 1. The molecule has 3 atom stereocenters. The number of anilines is 1. The van der Waals surface area contributed by atoms with E-state index in [1.807, 2.05) is 24.3 Å². The first-order valence-electron chi connectivity index (χ1n) is 11.0. The van der Waals surface area contributed by atoms with Crippen molar-refractivity contribution < 1.29 is 19.1 Å². The molecule has 0 aromatic heterocycles. The molecule has 166 valence electrons. The number of carbonyl (C=O) groups is 2. The van der Waals surface area contributed by atoms with E-state index in [1.165, 1.54) is 7.11 Å². The Balaban J connectivity index is 1.72. The van der Waals surface area contributed by atoms with Crippen molar-refractivity contribution in [1.82, 2.24) is 10.2 Å². The van der Waals surface area contributed by atoms with Gasteiger partial charge in [-0.25, -0.2) is 0 Å². The van der Waals surface area contributed by atoms with Gasteiger partial charge in [0, 0.05) is 36.4 Å². The Labute approximate surface area is 179 Å². The molecule has 7 nitrogen and oxygen atoms in total. The van der Waals surface area contributed by atoms with E-state index in [2.05, 4.69) is 35.9 Å². The maximum atomic E-state index is 13.1. The lowest BCUT2D eigenvalue weighted by Crippen LogP contribution is -2.55. The number of carbonyl (C=O) groups excluding carboxylic acids is 2. The van der Waals surface area contributed by atoms with E-state index in [0.29, 0.717) is 18.8 Å². The Kier molecular flexibility index (Phi) is 7.72. The van der Waals surface area contributed by atoms with E-state index in [4.69, 9.17) is 9.47 Å². The summed E-state index contributed by atoms with van der Waals surface area (Å²) in [5, 5.41) is 3.24. The van der Waals surface area contributed by atoms with Crippen molar-refractivity contribution in [2.24, 2.45) is 5.92 Å². The Morgan fingerprint density at radius 3 is 2.57 bits per heavy atom. The summed E-state index contributed by atoms with van der Waals surface area (Å²) >= 11 is 0. The van der Waals surface area contributed by atoms with Crippen LogP contribution in [0.5, 0.6) is 0 Å². The summed E-state index contributed by atoms with van der Waals surface area (Å²) in [6.07, 6.45) is 1.77. The molecular formula is C23H35N3O4. The molecule has 2 aliphatic rings. The highest BCUT2D eigenvalue weighted by atomic mass is 16.5. The molecule has 1 aromatic carbocycles. The maximum absolute atomic E-state index is 13.1. The number of rotatable bonds is 7. The summed E-state index contributed by atoms with van der Waals surface area (Å²) in [6.45, 7) is 10.2. The summed E-state index contributed by atoms with van der Waals surface area (Å²) in [5.41, 5.74) is 1.70. The molecule has 0 saturated carbocycles. The SMILES string of the molecule is COC(=O)[C@@H]1CCCN1C(C)[C@@H](NC(=O)c1cccc(N2CCOCC2)c1)C(C)C. The van der Waals surface area contributed by atoms with Gasteiger partial charge in [-0.2, -0.15) is 0 Å². The predicted molar refractivity (Wildman–Crippen MR) is 117 cm³/mol. The van der Waals surface area contributed by atoms with Gasteiger partial charge in [0.15, 0.2) is 0 Å². The van der Waals surface area contributed by atoms with Gasteiger partial charge >= 0.3 is 5.97 Å². The summed E-state index contributed by atoms with van der Waals surface area (Å²) in [4.78, 5) is 29.7. The topological polar surface area (TPSA) is 71.1 Å². The van der Waals surface area contributed by atoms with Gasteiger partial charge in [0.05, 0.1) is 20.3 Å². The lowest BCUT2D eigenvalue weighted by atomic mass is 9.95. The van der Waals surface area contributed by atoms with Crippen LogP contribution in [0.2, 0.25) is 0 Å². The number of nitrogens with zero attached hydrogens (tertiary/aromatic N) is 2.